The third-order valence-corrected chi connectivity index (χ3v) is 4.93. The fourth-order valence-electron chi connectivity index (χ4n) is 2.08. The van der Waals surface area contributed by atoms with Crippen LogP contribution in [0.25, 0.3) is 0 Å². The number of carbonyl (C=O) groups excluding carboxylic acids is 1. The van der Waals surface area contributed by atoms with E-state index in [1.54, 1.807) is 11.3 Å². The molecule has 1 aromatic heterocycles. The van der Waals surface area contributed by atoms with Crippen LogP contribution in [0, 0.1) is 17.3 Å². The lowest BCUT2D eigenvalue weighted by Crippen LogP contribution is -2.13. The van der Waals surface area contributed by atoms with Gasteiger partial charge in [-0.3, -0.25) is 4.79 Å². The van der Waals surface area contributed by atoms with Crippen LogP contribution >= 0.6 is 27.3 Å². The van der Waals surface area contributed by atoms with Gasteiger partial charge in [0.05, 0.1) is 4.88 Å². The van der Waals surface area contributed by atoms with Crippen molar-refractivity contribution in [1.29, 1.82) is 0 Å². The predicted molar refractivity (Wildman–Crippen MR) is 67.4 cm³/mol. The average molecular weight is 287 g/mol. The van der Waals surface area contributed by atoms with Crippen molar-refractivity contribution in [2.24, 2.45) is 17.3 Å². The van der Waals surface area contributed by atoms with Crippen molar-refractivity contribution in [2.75, 3.05) is 0 Å². The lowest BCUT2D eigenvalue weighted by Gasteiger charge is -2.17. The highest BCUT2D eigenvalue weighted by Crippen LogP contribution is 2.52. The van der Waals surface area contributed by atoms with Crippen LogP contribution in [0.15, 0.2) is 15.9 Å². The molecule has 1 aliphatic carbocycles. The standard InChI is InChI=1S/C12H15BrOS/c1-12(2,3)8-6-7(8)10(14)11-9(13)4-5-15-11/h4-5,7-8H,6H2,1-3H3. The van der Waals surface area contributed by atoms with E-state index < -0.39 is 0 Å². The maximum Gasteiger partial charge on any atom is 0.177 e. The molecule has 0 aromatic carbocycles. The summed E-state index contributed by atoms with van der Waals surface area (Å²) in [6.07, 6.45) is 1.06. The first-order chi connectivity index (χ1) is 6.91. The molecule has 0 spiro atoms. The van der Waals surface area contributed by atoms with Gasteiger partial charge in [-0.2, -0.15) is 0 Å². The third-order valence-electron chi connectivity index (χ3n) is 3.08. The minimum absolute atomic E-state index is 0.264. The molecular formula is C12H15BrOS. The highest BCUT2D eigenvalue weighted by molar-refractivity contribution is 9.10. The lowest BCUT2D eigenvalue weighted by molar-refractivity contribution is 0.0952. The van der Waals surface area contributed by atoms with Gasteiger partial charge in [-0.15, -0.1) is 11.3 Å². The van der Waals surface area contributed by atoms with Crippen LogP contribution in [0.2, 0.25) is 0 Å². The molecule has 0 amide bonds. The van der Waals surface area contributed by atoms with Gasteiger partial charge in [-0.25, -0.2) is 0 Å². The molecule has 1 aliphatic rings. The van der Waals surface area contributed by atoms with E-state index in [9.17, 15) is 4.79 Å². The van der Waals surface area contributed by atoms with E-state index in [2.05, 4.69) is 36.7 Å². The minimum Gasteiger partial charge on any atom is -0.293 e. The molecule has 1 fully saturated rings. The molecule has 2 atom stereocenters. The van der Waals surface area contributed by atoms with Gasteiger partial charge in [0.25, 0.3) is 0 Å². The first-order valence-electron chi connectivity index (χ1n) is 5.18. The summed E-state index contributed by atoms with van der Waals surface area (Å²) < 4.78 is 0.956. The summed E-state index contributed by atoms with van der Waals surface area (Å²) in [6.45, 7) is 6.65. The Labute approximate surface area is 103 Å². The predicted octanol–water partition coefficient (Wildman–Crippen LogP) is 4.38. The Morgan fingerprint density at radius 3 is 2.60 bits per heavy atom. The van der Waals surface area contributed by atoms with Crippen molar-refractivity contribution < 1.29 is 4.79 Å². The monoisotopic (exact) mass is 286 g/mol. The lowest BCUT2D eigenvalue weighted by atomic mass is 9.88. The molecule has 0 N–H and O–H groups in total. The molecule has 82 valence electrons. The van der Waals surface area contributed by atoms with Crippen LogP contribution in [0.5, 0.6) is 0 Å². The van der Waals surface area contributed by atoms with Crippen molar-refractivity contribution in [3.8, 4) is 0 Å². The summed E-state index contributed by atoms with van der Waals surface area (Å²) in [4.78, 5) is 13.0. The van der Waals surface area contributed by atoms with Crippen LogP contribution in [0.1, 0.15) is 36.9 Å². The van der Waals surface area contributed by atoms with E-state index in [4.69, 9.17) is 0 Å². The summed E-state index contributed by atoms with van der Waals surface area (Å²) in [6, 6.07) is 1.95. The average Bonchev–Trinajstić information content (AvgIpc) is 2.82. The van der Waals surface area contributed by atoms with E-state index >= 15 is 0 Å². The molecule has 2 unspecified atom stereocenters. The topological polar surface area (TPSA) is 17.1 Å². The number of halogens is 1. The maximum absolute atomic E-state index is 12.1. The molecule has 1 aromatic rings. The highest BCUT2D eigenvalue weighted by Gasteiger charge is 2.49. The molecule has 1 nitrogen and oxygen atoms in total. The summed E-state index contributed by atoms with van der Waals surface area (Å²) in [5, 5.41) is 1.96. The highest BCUT2D eigenvalue weighted by atomic mass is 79.9. The van der Waals surface area contributed by atoms with Gasteiger partial charge in [-0.1, -0.05) is 20.8 Å². The van der Waals surface area contributed by atoms with Gasteiger partial charge in [0.1, 0.15) is 0 Å². The molecule has 0 radical (unpaired) electrons. The molecular weight excluding hydrogens is 272 g/mol. The summed E-state index contributed by atoms with van der Waals surface area (Å²) >= 11 is 4.97. The van der Waals surface area contributed by atoms with Gasteiger partial charge in [-0.05, 0) is 45.1 Å². The number of carbonyl (C=O) groups is 1. The SMILES string of the molecule is CC(C)(C)C1CC1C(=O)c1sccc1Br. The van der Waals surface area contributed by atoms with Gasteiger partial charge >= 0.3 is 0 Å². The zero-order chi connectivity index (χ0) is 11.2. The second kappa shape index (κ2) is 3.70. The number of rotatable bonds is 2. The summed E-state index contributed by atoms with van der Waals surface area (Å²) in [7, 11) is 0. The van der Waals surface area contributed by atoms with E-state index in [-0.39, 0.29) is 11.3 Å². The number of hydrogen-bond donors (Lipinski definition) is 0. The fraction of sp³-hybridized carbons (Fsp3) is 0.583. The molecule has 15 heavy (non-hydrogen) atoms. The zero-order valence-electron chi connectivity index (χ0n) is 9.21. The van der Waals surface area contributed by atoms with Crippen LogP contribution in [-0.4, -0.2) is 5.78 Å². The van der Waals surface area contributed by atoms with Crippen LogP contribution in [0.4, 0.5) is 0 Å². The number of ketones is 1. The van der Waals surface area contributed by atoms with Crippen molar-refractivity contribution in [3.05, 3.63) is 20.8 Å². The molecule has 0 aliphatic heterocycles. The van der Waals surface area contributed by atoms with Crippen molar-refractivity contribution in [3.63, 3.8) is 0 Å². The molecule has 1 saturated carbocycles. The van der Waals surface area contributed by atoms with Crippen molar-refractivity contribution in [1.82, 2.24) is 0 Å². The Morgan fingerprint density at radius 1 is 1.53 bits per heavy atom. The smallest absolute Gasteiger partial charge is 0.177 e. The third kappa shape index (κ3) is 2.18. The molecule has 0 bridgehead atoms. The number of hydrogen-bond acceptors (Lipinski definition) is 2. The second-order valence-electron chi connectivity index (χ2n) is 5.28. The van der Waals surface area contributed by atoms with Crippen LogP contribution in [-0.2, 0) is 0 Å². The number of thiophene rings is 1. The first kappa shape index (κ1) is 11.3. The van der Waals surface area contributed by atoms with E-state index in [0.29, 0.717) is 11.7 Å². The van der Waals surface area contributed by atoms with Gasteiger partial charge in [0, 0.05) is 10.4 Å². The normalized spacial score (nSPS) is 25.3. The molecule has 1 heterocycles. The van der Waals surface area contributed by atoms with Crippen LogP contribution < -0.4 is 0 Å². The Morgan fingerprint density at radius 2 is 2.20 bits per heavy atom. The number of Topliss-reactive ketones (excluding diaryl/α,β-unsaturated/α-hetero) is 1. The zero-order valence-corrected chi connectivity index (χ0v) is 11.6. The second-order valence-corrected chi connectivity index (χ2v) is 7.05. The van der Waals surface area contributed by atoms with Crippen molar-refractivity contribution >= 4 is 33.0 Å². The van der Waals surface area contributed by atoms with Crippen molar-refractivity contribution in [2.45, 2.75) is 27.2 Å². The largest absolute Gasteiger partial charge is 0.293 e. The van der Waals surface area contributed by atoms with E-state index in [1.807, 2.05) is 11.4 Å². The summed E-state index contributed by atoms with van der Waals surface area (Å²) in [5.41, 5.74) is 0.268. The quantitative estimate of drug-likeness (QED) is 0.738. The van der Waals surface area contributed by atoms with E-state index in [0.717, 1.165) is 15.8 Å². The van der Waals surface area contributed by atoms with E-state index in [1.165, 1.54) is 0 Å². The maximum atomic E-state index is 12.1. The van der Waals surface area contributed by atoms with Gasteiger partial charge < -0.3 is 0 Å². The van der Waals surface area contributed by atoms with Gasteiger partial charge in [0.15, 0.2) is 5.78 Å². The Bertz CT molecular complexity index is 389. The van der Waals surface area contributed by atoms with Gasteiger partial charge in [0.2, 0.25) is 0 Å². The Kier molecular flexibility index (Phi) is 2.80. The fourth-order valence-corrected chi connectivity index (χ4v) is 3.65. The molecule has 2 rings (SSSR count). The first-order valence-corrected chi connectivity index (χ1v) is 6.85. The summed E-state index contributed by atoms with van der Waals surface area (Å²) in [5.74, 6) is 1.16. The van der Waals surface area contributed by atoms with Crippen LogP contribution in [0.3, 0.4) is 0 Å². The Balaban J connectivity index is 2.10. The molecule has 0 saturated heterocycles. The minimum atomic E-state index is 0.264. The molecule has 3 heteroatoms. The Hall–Kier alpha value is -0.150.